The molecule has 2 N–H and O–H groups in total. The minimum absolute atomic E-state index is 0.0268. The molecule has 0 aromatic heterocycles. The number of nitrogens with one attached hydrogen (secondary N) is 2. The molecule has 0 radical (unpaired) electrons. The third-order valence-corrected chi connectivity index (χ3v) is 2.75. The van der Waals surface area contributed by atoms with Gasteiger partial charge in [-0.1, -0.05) is 27.7 Å². The Morgan fingerprint density at radius 2 is 1.50 bits per heavy atom. The molecule has 0 aliphatic heterocycles. The Bertz CT molecular complexity index is 217. The van der Waals surface area contributed by atoms with Gasteiger partial charge in [-0.25, -0.2) is 4.79 Å². The maximum atomic E-state index is 11.3. The van der Waals surface area contributed by atoms with Gasteiger partial charge >= 0.3 is 6.03 Å². The Morgan fingerprint density at radius 3 is 1.89 bits per heavy atom. The van der Waals surface area contributed by atoms with Crippen LogP contribution in [0.2, 0.25) is 0 Å². The van der Waals surface area contributed by atoms with Gasteiger partial charge < -0.3 is 15.5 Å². The quantitative estimate of drug-likeness (QED) is 0.655. The Labute approximate surface area is 113 Å². The number of carbonyl (C=O) groups excluding carboxylic acids is 1. The molecule has 0 fully saturated rings. The summed E-state index contributed by atoms with van der Waals surface area (Å²) in [4.78, 5) is 12.9. The molecular formula is C14H31N3O. The first-order valence-corrected chi connectivity index (χ1v) is 7.01. The van der Waals surface area contributed by atoms with Crippen molar-refractivity contribution in [2.45, 2.75) is 46.6 Å². The molecule has 0 saturated carbocycles. The largest absolute Gasteiger partial charge is 0.337 e. The highest BCUT2D eigenvalue weighted by Gasteiger charge is 2.12. The predicted octanol–water partition coefficient (Wildman–Crippen LogP) is 2.31. The average Bonchev–Trinajstić information content (AvgIpc) is 2.21. The summed E-state index contributed by atoms with van der Waals surface area (Å²) < 4.78 is 0. The maximum Gasteiger partial charge on any atom is 0.316 e. The van der Waals surface area contributed by atoms with Gasteiger partial charge in [-0.05, 0) is 24.7 Å². The Balaban J connectivity index is 3.85. The summed E-state index contributed by atoms with van der Waals surface area (Å²) in [6.45, 7) is 10.5. The number of amides is 2. The standard InChI is InChI=1S/C14H31N3O/c1-11(2)9-13(10-12(3)4)15-7-8-16-14(18)17(5)6/h11-13,15H,7-10H2,1-6H3,(H,16,18). The molecular weight excluding hydrogens is 226 g/mol. The molecule has 2 amide bonds. The van der Waals surface area contributed by atoms with Gasteiger partial charge in [0.2, 0.25) is 0 Å². The van der Waals surface area contributed by atoms with Crippen molar-refractivity contribution in [2.75, 3.05) is 27.2 Å². The zero-order valence-corrected chi connectivity index (χ0v) is 12.9. The minimum atomic E-state index is -0.0268. The van der Waals surface area contributed by atoms with E-state index in [2.05, 4.69) is 38.3 Å². The summed E-state index contributed by atoms with van der Waals surface area (Å²) in [5.41, 5.74) is 0. The lowest BCUT2D eigenvalue weighted by molar-refractivity contribution is 0.217. The molecule has 18 heavy (non-hydrogen) atoms. The first-order valence-electron chi connectivity index (χ1n) is 7.01. The second-order valence-electron chi connectivity index (χ2n) is 6.04. The van der Waals surface area contributed by atoms with Gasteiger partial charge in [-0.2, -0.15) is 0 Å². The Morgan fingerprint density at radius 1 is 1.00 bits per heavy atom. The highest BCUT2D eigenvalue weighted by Crippen LogP contribution is 2.12. The Hall–Kier alpha value is -0.770. The molecule has 4 nitrogen and oxygen atoms in total. The van der Waals surface area contributed by atoms with E-state index in [0.29, 0.717) is 24.4 Å². The van der Waals surface area contributed by atoms with Gasteiger partial charge in [-0.15, -0.1) is 0 Å². The first kappa shape index (κ1) is 17.2. The minimum Gasteiger partial charge on any atom is -0.337 e. The molecule has 0 rings (SSSR count). The van der Waals surface area contributed by atoms with Crippen molar-refractivity contribution < 1.29 is 4.79 Å². The molecule has 0 aromatic carbocycles. The lowest BCUT2D eigenvalue weighted by Crippen LogP contribution is -2.41. The number of carbonyl (C=O) groups is 1. The average molecular weight is 257 g/mol. The predicted molar refractivity (Wildman–Crippen MR) is 77.8 cm³/mol. The zero-order chi connectivity index (χ0) is 14.1. The van der Waals surface area contributed by atoms with E-state index in [1.165, 1.54) is 12.8 Å². The second kappa shape index (κ2) is 9.20. The van der Waals surface area contributed by atoms with Crippen LogP contribution in [0.1, 0.15) is 40.5 Å². The molecule has 0 bridgehead atoms. The second-order valence-corrected chi connectivity index (χ2v) is 6.04. The molecule has 0 saturated heterocycles. The van der Waals surface area contributed by atoms with Gasteiger partial charge in [0.1, 0.15) is 0 Å². The number of nitrogens with zero attached hydrogens (tertiary/aromatic N) is 1. The Kier molecular flexibility index (Phi) is 8.81. The molecule has 0 aromatic rings. The lowest BCUT2D eigenvalue weighted by atomic mass is 9.96. The highest BCUT2D eigenvalue weighted by molar-refractivity contribution is 5.73. The van der Waals surface area contributed by atoms with Crippen molar-refractivity contribution in [2.24, 2.45) is 11.8 Å². The van der Waals surface area contributed by atoms with Crippen LogP contribution in [0, 0.1) is 11.8 Å². The van der Waals surface area contributed by atoms with Gasteiger partial charge in [0.05, 0.1) is 0 Å². The van der Waals surface area contributed by atoms with E-state index >= 15 is 0 Å². The number of hydrogen-bond acceptors (Lipinski definition) is 2. The third kappa shape index (κ3) is 9.28. The molecule has 0 spiro atoms. The topological polar surface area (TPSA) is 44.4 Å². The van der Waals surface area contributed by atoms with Crippen LogP contribution in [-0.4, -0.2) is 44.2 Å². The number of hydrogen-bond donors (Lipinski definition) is 2. The highest BCUT2D eigenvalue weighted by atomic mass is 16.2. The van der Waals surface area contributed by atoms with E-state index in [1.54, 1.807) is 19.0 Å². The maximum absolute atomic E-state index is 11.3. The molecule has 0 heterocycles. The molecule has 0 atom stereocenters. The van der Waals surface area contributed by atoms with Gasteiger partial charge in [0, 0.05) is 33.2 Å². The fraction of sp³-hybridized carbons (Fsp3) is 0.929. The lowest BCUT2D eigenvalue weighted by Gasteiger charge is -2.23. The van der Waals surface area contributed by atoms with E-state index in [1.807, 2.05) is 0 Å². The van der Waals surface area contributed by atoms with Crippen LogP contribution in [0.15, 0.2) is 0 Å². The molecule has 108 valence electrons. The third-order valence-electron chi connectivity index (χ3n) is 2.75. The van der Waals surface area contributed by atoms with Crippen LogP contribution in [0.25, 0.3) is 0 Å². The SMILES string of the molecule is CC(C)CC(CC(C)C)NCCNC(=O)N(C)C. The summed E-state index contributed by atoms with van der Waals surface area (Å²) in [7, 11) is 3.51. The molecule has 0 aliphatic carbocycles. The van der Waals surface area contributed by atoms with E-state index < -0.39 is 0 Å². The monoisotopic (exact) mass is 257 g/mol. The fourth-order valence-corrected chi connectivity index (χ4v) is 2.00. The smallest absolute Gasteiger partial charge is 0.316 e. The zero-order valence-electron chi connectivity index (χ0n) is 12.9. The summed E-state index contributed by atoms with van der Waals surface area (Å²) in [6.07, 6.45) is 2.39. The first-order chi connectivity index (χ1) is 8.32. The number of urea groups is 1. The van der Waals surface area contributed by atoms with Crippen molar-refractivity contribution in [1.29, 1.82) is 0 Å². The van der Waals surface area contributed by atoms with Gasteiger partial charge in [0.25, 0.3) is 0 Å². The van der Waals surface area contributed by atoms with Crippen molar-refractivity contribution in [3.8, 4) is 0 Å². The van der Waals surface area contributed by atoms with Crippen LogP contribution < -0.4 is 10.6 Å². The summed E-state index contributed by atoms with van der Waals surface area (Å²) in [5, 5.41) is 6.41. The summed E-state index contributed by atoms with van der Waals surface area (Å²) in [5.74, 6) is 1.41. The summed E-state index contributed by atoms with van der Waals surface area (Å²) >= 11 is 0. The van der Waals surface area contributed by atoms with Crippen molar-refractivity contribution in [3.63, 3.8) is 0 Å². The van der Waals surface area contributed by atoms with E-state index in [0.717, 1.165) is 6.54 Å². The van der Waals surface area contributed by atoms with Crippen LogP contribution in [0.3, 0.4) is 0 Å². The fourth-order valence-electron chi connectivity index (χ4n) is 2.00. The summed E-state index contributed by atoms with van der Waals surface area (Å²) in [6, 6.07) is 0.530. The van der Waals surface area contributed by atoms with Crippen molar-refractivity contribution in [3.05, 3.63) is 0 Å². The van der Waals surface area contributed by atoms with Crippen LogP contribution in [-0.2, 0) is 0 Å². The molecule has 4 heteroatoms. The molecule has 0 aliphatic rings. The van der Waals surface area contributed by atoms with Gasteiger partial charge in [0.15, 0.2) is 0 Å². The number of rotatable bonds is 8. The van der Waals surface area contributed by atoms with Crippen LogP contribution >= 0.6 is 0 Å². The molecule has 0 unspecified atom stereocenters. The van der Waals surface area contributed by atoms with E-state index in [-0.39, 0.29) is 6.03 Å². The van der Waals surface area contributed by atoms with Crippen molar-refractivity contribution in [1.82, 2.24) is 15.5 Å². The normalized spacial score (nSPS) is 11.4. The van der Waals surface area contributed by atoms with Crippen LogP contribution in [0.4, 0.5) is 4.79 Å². The van der Waals surface area contributed by atoms with Gasteiger partial charge in [-0.3, -0.25) is 0 Å². The van der Waals surface area contributed by atoms with E-state index in [4.69, 9.17) is 0 Å². The van der Waals surface area contributed by atoms with Crippen LogP contribution in [0.5, 0.6) is 0 Å². The van der Waals surface area contributed by atoms with Crippen molar-refractivity contribution >= 4 is 6.03 Å². The van der Waals surface area contributed by atoms with E-state index in [9.17, 15) is 4.79 Å².